The summed E-state index contributed by atoms with van der Waals surface area (Å²) in [6.07, 6.45) is 8.84. The number of likely N-dealkylation sites (N-methyl/N-ethyl adjacent to an activating group) is 1. The van der Waals surface area contributed by atoms with Crippen molar-refractivity contribution in [3.05, 3.63) is 36.0 Å². The topological polar surface area (TPSA) is 20.3 Å². The van der Waals surface area contributed by atoms with Crippen LogP contribution in [0.25, 0.3) is 0 Å². The average Bonchev–Trinajstić information content (AvgIpc) is 2.39. The normalized spacial score (nSPS) is 30.2. The zero-order chi connectivity index (χ0) is 12.6. The summed E-state index contributed by atoms with van der Waals surface area (Å²) in [5, 5.41) is 0. The Morgan fingerprint density at radius 3 is 2.59 bits per heavy atom. The molecule has 3 heteroatoms. The second-order valence-electron chi connectivity index (χ2n) is 4.85. The molecule has 88 valence electrons. The van der Waals surface area contributed by atoms with Crippen molar-refractivity contribution in [3.8, 4) is 0 Å². The second kappa shape index (κ2) is 4.21. The van der Waals surface area contributed by atoms with Crippen molar-refractivity contribution in [2.75, 3.05) is 7.05 Å². The predicted octanol–water partition coefficient (Wildman–Crippen LogP) is 2.18. The van der Waals surface area contributed by atoms with Crippen LogP contribution in [0.5, 0.6) is 0 Å². The van der Waals surface area contributed by atoms with Gasteiger partial charge in [-0.3, -0.25) is 4.79 Å². The maximum absolute atomic E-state index is 12.2. The number of carbonyl (C=O) groups excluding carboxylic acids is 1. The van der Waals surface area contributed by atoms with Crippen LogP contribution in [0.4, 0.5) is 0 Å². The lowest BCUT2D eigenvalue weighted by atomic mass is 9.57. The summed E-state index contributed by atoms with van der Waals surface area (Å²) >= 11 is 0. The molecule has 1 unspecified atom stereocenters. The van der Waals surface area contributed by atoms with Crippen molar-refractivity contribution in [3.63, 3.8) is 0 Å². The lowest BCUT2D eigenvalue weighted by molar-refractivity contribution is -0.127. The molecule has 0 saturated heterocycles. The molecule has 1 saturated carbocycles. The molecule has 2 radical (unpaired) electrons. The van der Waals surface area contributed by atoms with Gasteiger partial charge in [-0.1, -0.05) is 31.2 Å². The van der Waals surface area contributed by atoms with Gasteiger partial charge in [0.25, 0.3) is 5.91 Å². The molecule has 0 aromatic heterocycles. The van der Waals surface area contributed by atoms with Crippen LogP contribution in [0.3, 0.4) is 0 Å². The van der Waals surface area contributed by atoms with Gasteiger partial charge in [0.2, 0.25) is 0 Å². The Bertz CT molecular complexity index is 420. The van der Waals surface area contributed by atoms with Crippen LogP contribution in [-0.2, 0) is 4.79 Å². The number of allylic oxidation sites excluding steroid dienone is 1. The Hall–Kier alpha value is -1.25. The number of hydrogen-bond donors (Lipinski definition) is 0. The summed E-state index contributed by atoms with van der Waals surface area (Å²) in [5.41, 5.74) is 0.929. The van der Waals surface area contributed by atoms with E-state index in [-0.39, 0.29) is 5.91 Å². The molecule has 2 rings (SSSR count). The highest BCUT2D eigenvalue weighted by atomic mass is 16.2. The van der Waals surface area contributed by atoms with Crippen LogP contribution >= 0.6 is 0 Å². The second-order valence-corrected chi connectivity index (χ2v) is 4.85. The number of amides is 1. The fraction of sp³-hybridized carbons (Fsp3) is 0.500. The van der Waals surface area contributed by atoms with Gasteiger partial charge < -0.3 is 4.90 Å². The smallest absolute Gasteiger partial charge is 0.254 e. The van der Waals surface area contributed by atoms with Gasteiger partial charge in [-0.15, -0.1) is 0 Å². The van der Waals surface area contributed by atoms with E-state index in [9.17, 15) is 4.79 Å². The largest absolute Gasteiger partial charge is 0.340 e. The summed E-state index contributed by atoms with van der Waals surface area (Å²) in [4.78, 5) is 13.9. The number of nitrogens with zero attached hydrogens (tertiary/aromatic N) is 1. The van der Waals surface area contributed by atoms with E-state index in [1.807, 2.05) is 19.1 Å². The first-order valence-corrected chi connectivity index (χ1v) is 6.14. The highest BCUT2D eigenvalue weighted by Gasteiger charge is 2.49. The van der Waals surface area contributed by atoms with Crippen LogP contribution in [0.15, 0.2) is 36.0 Å². The minimum Gasteiger partial charge on any atom is -0.340 e. The van der Waals surface area contributed by atoms with E-state index in [2.05, 4.69) is 6.58 Å². The zero-order valence-corrected chi connectivity index (χ0v) is 10.6. The molecule has 17 heavy (non-hydrogen) atoms. The van der Waals surface area contributed by atoms with E-state index >= 15 is 0 Å². The molecule has 0 spiro atoms. The number of carbonyl (C=O) groups is 1. The molecule has 0 N–H and O–H groups in total. The summed E-state index contributed by atoms with van der Waals surface area (Å²) in [6.45, 7) is 5.73. The third-order valence-electron chi connectivity index (χ3n) is 4.08. The molecule has 1 fully saturated rings. The molecule has 2 aliphatic rings. The van der Waals surface area contributed by atoms with Crippen molar-refractivity contribution in [2.24, 2.45) is 5.92 Å². The van der Waals surface area contributed by atoms with Gasteiger partial charge in [-0.25, -0.2) is 0 Å². The molecule has 1 aliphatic carbocycles. The monoisotopic (exact) mass is 227 g/mol. The Balaban J connectivity index is 2.51. The Kier molecular flexibility index (Phi) is 3.02. The van der Waals surface area contributed by atoms with E-state index in [0.29, 0.717) is 11.5 Å². The van der Waals surface area contributed by atoms with Crippen LogP contribution in [0.2, 0.25) is 0 Å². The average molecular weight is 227 g/mol. The van der Waals surface area contributed by atoms with Gasteiger partial charge >= 0.3 is 0 Å². The molecule has 0 aromatic carbocycles. The summed E-state index contributed by atoms with van der Waals surface area (Å²) in [7, 11) is 8.31. The lowest BCUT2D eigenvalue weighted by Crippen LogP contribution is -2.54. The maximum atomic E-state index is 12.2. The van der Waals surface area contributed by atoms with Gasteiger partial charge in [0.15, 0.2) is 0 Å². The lowest BCUT2D eigenvalue weighted by Gasteiger charge is -2.46. The van der Waals surface area contributed by atoms with Crippen LogP contribution in [0.1, 0.15) is 26.2 Å². The SMILES string of the molecule is [B]C1(C2CCC2)C(C=C)=C(/C=C\C)C(=O)N1C. The first-order chi connectivity index (χ1) is 8.07. The molecule has 1 amide bonds. The van der Waals surface area contributed by atoms with E-state index in [1.165, 1.54) is 6.42 Å². The van der Waals surface area contributed by atoms with Gasteiger partial charge in [0, 0.05) is 18.1 Å². The Morgan fingerprint density at radius 2 is 2.18 bits per heavy atom. The first-order valence-electron chi connectivity index (χ1n) is 6.14. The van der Waals surface area contributed by atoms with E-state index < -0.39 is 5.44 Å². The molecule has 0 aromatic rings. The maximum Gasteiger partial charge on any atom is 0.254 e. The third-order valence-corrected chi connectivity index (χ3v) is 4.08. The van der Waals surface area contributed by atoms with Crippen molar-refractivity contribution in [1.82, 2.24) is 4.90 Å². The van der Waals surface area contributed by atoms with Crippen molar-refractivity contribution >= 4 is 13.8 Å². The summed E-state index contributed by atoms with van der Waals surface area (Å²) in [6, 6.07) is 0. The van der Waals surface area contributed by atoms with E-state index in [4.69, 9.17) is 7.85 Å². The predicted molar refractivity (Wildman–Crippen MR) is 70.6 cm³/mol. The molecule has 0 bridgehead atoms. The Morgan fingerprint density at radius 1 is 1.53 bits per heavy atom. The van der Waals surface area contributed by atoms with Gasteiger partial charge in [0.05, 0.1) is 0 Å². The van der Waals surface area contributed by atoms with Crippen molar-refractivity contribution < 1.29 is 4.79 Å². The summed E-state index contributed by atoms with van der Waals surface area (Å²) < 4.78 is 0. The summed E-state index contributed by atoms with van der Waals surface area (Å²) in [5.74, 6) is 0.375. The molecule has 1 atom stereocenters. The fourth-order valence-corrected chi connectivity index (χ4v) is 2.80. The van der Waals surface area contributed by atoms with E-state index in [1.54, 1.807) is 18.0 Å². The third kappa shape index (κ3) is 1.52. The van der Waals surface area contributed by atoms with Gasteiger partial charge in [-0.05, 0) is 31.3 Å². The van der Waals surface area contributed by atoms with E-state index in [0.717, 1.165) is 18.4 Å². The fourth-order valence-electron chi connectivity index (χ4n) is 2.80. The number of rotatable bonds is 3. The molecule has 1 aliphatic heterocycles. The van der Waals surface area contributed by atoms with Crippen LogP contribution in [-0.4, -0.2) is 31.1 Å². The standard InChI is InChI=1S/C14H18BNO/c1-4-7-11-12(5-2)14(15,10-8-6-9-10)16(3)13(11)17/h4-5,7,10H,2,6,8-9H2,1,3H3/b7-4-. The minimum atomic E-state index is -0.647. The zero-order valence-electron chi connectivity index (χ0n) is 10.6. The van der Waals surface area contributed by atoms with Gasteiger partial charge in [-0.2, -0.15) is 0 Å². The van der Waals surface area contributed by atoms with Crippen molar-refractivity contribution in [1.29, 1.82) is 0 Å². The minimum absolute atomic E-state index is 0.00685. The molecular formula is C14H18BNO. The first kappa shape index (κ1) is 12.2. The molecule has 1 heterocycles. The highest BCUT2D eigenvalue weighted by molar-refractivity contribution is 6.23. The molecular weight excluding hydrogens is 209 g/mol. The quantitative estimate of drug-likeness (QED) is 0.676. The number of hydrogen-bond acceptors (Lipinski definition) is 1. The van der Waals surface area contributed by atoms with Crippen LogP contribution < -0.4 is 0 Å². The Labute approximate surface area is 104 Å². The van der Waals surface area contributed by atoms with Gasteiger partial charge in [0.1, 0.15) is 7.85 Å². The highest BCUT2D eigenvalue weighted by Crippen LogP contribution is 2.46. The van der Waals surface area contributed by atoms with Crippen molar-refractivity contribution in [2.45, 2.75) is 31.6 Å². The molecule has 2 nitrogen and oxygen atoms in total. The van der Waals surface area contributed by atoms with Crippen LogP contribution in [0, 0.1) is 5.92 Å².